The number of hydrazine groups is 1. The van der Waals surface area contributed by atoms with E-state index in [4.69, 9.17) is 4.74 Å². The molecule has 4 heteroatoms. The highest BCUT2D eigenvalue weighted by molar-refractivity contribution is 5.79. The zero-order chi connectivity index (χ0) is 14.1. The molecule has 0 saturated carbocycles. The standard InChI is InChI=1S/C16H16N2O2/c1-17-18(2)16(19)20-15-13-9-5-3-7-11(13)12-8-4-6-10-14(12)15/h3-10,15,17H,1-2H3. The van der Waals surface area contributed by atoms with Crippen LogP contribution < -0.4 is 5.43 Å². The summed E-state index contributed by atoms with van der Waals surface area (Å²) in [5.74, 6) is 0. The fourth-order valence-corrected chi connectivity index (χ4v) is 2.51. The van der Waals surface area contributed by atoms with Crippen molar-refractivity contribution < 1.29 is 9.53 Å². The molecule has 0 radical (unpaired) electrons. The van der Waals surface area contributed by atoms with Crippen molar-refractivity contribution in [3.63, 3.8) is 0 Å². The molecule has 0 atom stereocenters. The van der Waals surface area contributed by atoms with Crippen LogP contribution in [0.2, 0.25) is 0 Å². The summed E-state index contributed by atoms with van der Waals surface area (Å²) in [6, 6.07) is 16.1. The van der Waals surface area contributed by atoms with Crippen LogP contribution in [0, 0.1) is 0 Å². The number of fused-ring (bicyclic) bond motifs is 3. The minimum absolute atomic E-state index is 0.342. The lowest BCUT2D eigenvalue weighted by atomic mass is 10.1. The Morgan fingerprint density at radius 3 is 2.05 bits per heavy atom. The summed E-state index contributed by atoms with van der Waals surface area (Å²) in [5.41, 5.74) is 7.08. The lowest BCUT2D eigenvalue weighted by Gasteiger charge is -2.20. The lowest BCUT2D eigenvalue weighted by Crippen LogP contribution is -2.37. The van der Waals surface area contributed by atoms with Gasteiger partial charge in [0.2, 0.25) is 0 Å². The van der Waals surface area contributed by atoms with E-state index in [1.165, 1.54) is 5.01 Å². The van der Waals surface area contributed by atoms with E-state index >= 15 is 0 Å². The molecule has 0 saturated heterocycles. The topological polar surface area (TPSA) is 41.6 Å². The lowest BCUT2D eigenvalue weighted by molar-refractivity contribution is 0.0750. The maximum atomic E-state index is 12.0. The van der Waals surface area contributed by atoms with Gasteiger partial charge in [-0.1, -0.05) is 48.5 Å². The Kier molecular flexibility index (Phi) is 3.16. The van der Waals surface area contributed by atoms with Crippen LogP contribution in [0.5, 0.6) is 0 Å². The molecule has 0 aliphatic heterocycles. The number of rotatable bonds is 2. The predicted molar refractivity (Wildman–Crippen MR) is 77.0 cm³/mol. The molecule has 4 nitrogen and oxygen atoms in total. The molecule has 102 valence electrons. The number of hydrogen-bond acceptors (Lipinski definition) is 3. The summed E-state index contributed by atoms with van der Waals surface area (Å²) in [6.45, 7) is 0. The third kappa shape index (κ3) is 1.94. The maximum Gasteiger partial charge on any atom is 0.424 e. The molecule has 0 fully saturated rings. The van der Waals surface area contributed by atoms with Gasteiger partial charge in [-0.25, -0.2) is 15.2 Å². The van der Waals surface area contributed by atoms with E-state index in [2.05, 4.69) is 17.6 Å². The summed E-state index contributed by atoms with van der Waals surface area (Å²) in [6.07, 6.45) is -0.741. The van der Waals surface area contributed by atoms with Gasteiger partial charge in [0.05, 0.1) is 0 Å². The van der Waals surface area contributed by atoms with E-state index < -0.39 is 6.09 Å². The van der Waals surface area contributed by atoms with Gasteiger partial charge in [-0.05, 0) is 11.1 Å². The highest BCUT2D eigenvalue weighted by Crippen LogP contribution is 2.45. The molecular weight excluding hydrogens is 252 g/mol. The smallest absolute Gasteiger partial charge is 0.424 e. The van der Waals surface area contributed by atoms with Crippen LogP contribution in [-0.2, 0) is 4.74 Å². The second kappa shape index (κ2) is 4.98. The quantitative estimate of drug-likeness (QED) is 0.851. The molecule has 0 spiro atoms. The first-order valence-corrected chi connectivity index (χ1v) is 6.52. The van der Waals surface area contributed by atoms with Crippen LogP contribution >= 0.6 is 0 Å². The molecule has 0 bridgehead atoms. The highest BCUT2D eigenvalue weighted by atomic mass is 16.6. The fraction of sp³-hybridized carbons (Fsp3) is 0.188. The summed E-state index contributed by atoms with van der Waals surface area (Å²) in [5, 5.41) is 1.32. The van der Waals surface area contributed by atoms with Gasteiger partial charge >= 0.3 is 6.09 Å². The first-order valence-electron chi connectivity index (χ1n) is 6.52. The van der Waals surface area contributed by atoms with Gasteiger partial charge in [0, 0.05) is 25.2 Å². The van der Waals surface area contributed by atoms with E-state index in [1.807, 2.05) is 36.4 Å². The second-order valence-corrected chi connectivity index (χ2v) is 4.72. The molecule has 1 N–H and O–H groups in total. The molecule has 2 aromatic carbocycles. The highest BCUT2D eigenvalue weighted by Gasteiger charge is 2.31. The molecule has 1 aliphatic rings. The van der Waals surface area contributed by atoms with Crippen LogP contribution in [0.4, 0.5) is 4.79 Å². The van der Waals surface area contributed by atoms with E-state index in [-0.39, 0.29) is 6.10 Å². The van der Waals surface area contributed by atoms with E-state index in [9.17, 15) is 4.79 Å². The molecular formula is C16H16N2O2. The SMILES string of the molecule is CNN(C)C(=O)OC1c2ccccc2-c2ccccc21. The van der Waals surface area contributed by atoms with Crippen LogP contribution in [0.3, 0.4) is 0 Å². The van der Waals surface area contributed by atoms with Crippen LogP contribution in [-0.4, -0.2) is 25.2 Å². The minimum atomic E-state index is -0.399. The summed E-state index contributed by atoms with van der Waals surface area (Å²) < 4.78 is 5.64. The normalized spacial score (nSPS) is 12.7. The number of carbonyl (C=O) groups is 1. The zero-order valence-electron chi connectivity index (χ0n) is 11.5. The van der Waals surface area contributed by atoms with Crippen LogP contribution in [0.15, 0.2) is 48.5 Å². The average Bonchev–Trinajstić information content (AvgIpc) is 2.81. The third-order valence-corrected chi connectivity index (χ3v) is 3.60. The average molecular weight is 268 g/mol. The molecule has 0 heterocycles. The van der Waals surface area contributed by atoms with Gasteiger partial charge in [-0.3, -0.25) is 0 Å². The number of ether oxygens (including phenoxy) is 1. The van der Waals surface area contributed by atoms with E-state index in [0.29, 0.717) is 0 Å². The number of benzene rings is 2. The Bertz CT molecular complexity index is 609. The number of nitrogens with one attached hydrogen (secondary N) is 1. The monoisotopic (exact) mass is 268 g/mol. The third-order valence-electron chi connectivity index (χ3n) is 3.60. The molecule has 3 rings (SSSR count). The van der Waals surface area contributed by atoms with Gasteiger partial charge in [0.25, 0.3) is 0 Å². The maximum absolute atomic E-state index is 12.0. The van der Waals surface area contributed by atoms with Crippen LogP contribution in [0.25, 0.3) is 11.1 Å². The Morgan fingerprint density at radius 2 is 1.55 bits per heavy atom. The van der Waals surface area contributed by atoms with Gasteiger partial charge in [0.1, 0.15) is 0 Å². The van der Waals surface area contributed by atoms with E-state index in [1.54, 1.807) is 14.1 Å². The Hall–Kier alpha value is -2.33. The van der Waals surface area contributed by atoms with Crippen molar-refractivity contribution in [3.05, 3.63) is 59.7 Å². The molecule has 0 unspecified atom stereocenters. The summed E-state index contributed by atoms with van der Waals surface area (Å²) >= 11 is 0. The minimum Gasteiger partial charge on any atom is -0.435 e. The molecule has 2 aromatic rings. The number of nitrogens with zero attached hydrogens (tertiary/aromatic N) is 1. The molecule has 1 amide bonds. The van der Waals surface area contributed by atoms with Gasteiger partial charge in [-0.15, -0.1) is 0 Å². The zero-order valence-corrected chi connectivity index (χ0v) is 11.5. The first-order chi connectivity index (χ1) is 9.72. The van der Waals surface area contributed by atoms with Crippen molar-refractivity contribution in [1.82, 2.24) is 10.4 Å². The second-order valence-electron chi connectivity index (χ2n) is 4.72. The van der Waals surface area contributed by atoms with Crippen LogP contribution in [0.1, 0.15) is 17.2 Å². The van der Waals surface area contributed by atoms with Crippen molar-refractivity contribution in [3.8, 4) is 11.1 Å². The van der Waals surface area contributed by atoms with Crippen molar-refractivity contribution in [2.24, 2.45) is 0 Å². The van der Waals surface area contributed by atoms with Crippen molar-refractivity contribution >= 4 is 6.09 Å². The molecule has 1 aliphatic carbocycles. The first kappa shape index (κ1) is 12.7. The van der Waals surface area contributed by atoms with Gasteiger partial charge in [0.15, 0.2) is 6.10 Å². The van der Waals surface area contributed by atoms with E-state index in [0.717, 1.165) is 22.3 Å². The van der Waals surface area contributed by atoms with Crippen molar-refractivity contribution in [2.75, 3.05) is 14.1 Å². The van der Waals surface area contributed by atoms with Crippen molar-refractivity contribution in [1.29, 1.82) is 0 Å². The Balaban J connectivity index is 2.01. The van der Waals surface area contributed by atoms with Gasteiger partial charge in [-0.2, -0.15) is 0 Å². The Morgan fingerprint density at radius 1 is 1.05 bits per heavy atom. The largest absolute Gasteiger partial charge is 0.435 e. The van der Waals surface area contributed by atoms with Gasteiger partial charge < -0.3 is 4.74 Å². The number of carbonyl (C=O) groups excluding carboxylic acids is 1. The fourth-order valence-electron chi connectivity index (χ4n) is 2.51. The van der Waals surface area contributed by atoms with Crippen molar-refractivity contribution in [2.45, 2.75) is 6.10 Å². The number of amides is 1. The summed E-state index contributed by atoms with van der Waals surface area (Å²) in [4.78, 5) is 12.0. The molecule has 20 heavy (non-hydrogen) atoms. The molecule has 0 aromatic heterocycles. The summed E-state index contributed by atoms with van der Waals surface area (Å²) in [7, 11) is 3.31. The predicted octanol–water partition coefficient (Wildman–Crippen LogP) is 2.96. The Labute approximate surface area is 117 Å². The number of hydrogen-bond donors (Lipinski definition) is 1.